The van der Waals surface area contributed by atoms with Crippen LogP contribution in [0.15, 0.2) is 23.1 Å². The Labute approximate surface area is 159 Å². The predicted molar refractivity (Wildman–Crippen MR) is 99.0 cm³/mol. The van der Waals surface area contributed by atoms with Crippen molar-refractivity contribution in [2.75, 3.05) is 18.8 Å². The third-order valence-electron chi connectivity index (χ3n) is 3.95. The summed E-state index contributed by atoms with van der Waals surface area (Å²) in [6.45, 7) is 6.44. The van der Waals surface area contributed by atoms with E-state index < -0.39 is 15.4 Å². The smallest absolute Gasteiger partial charge is 0.410 e. The maximum Gasteiger partial charge on any atom is 0.410 e. The highest BCUT2D eigenvalue weighted by atomic mass is 35.5. The fraction of sp³-hybridized carbons (Fsp3) is 0.588. The highest BCUT2D eigenvalue weighted by molar-refractivity contribution is 7.91. The van der Waals surface area contributed by atoms with E-state index in [0.717, 1.165) is 0 Å². The standard InChI is InChI=1S/C17H23Cl2NO4S/c1-17(2,3)24-16(21)20-8-6-12(7-9-20)11-25(22,23)15-5-4-13(18)10-14(15)19/h4-5,10,12H,6-9,11H2,1-3H3. The molecule has 1 aliphatic rings. The van der Waals surface area contributed by atoms with Crippen LogP contribution in [0.5, 0.6) is 0 Å². The number of rotatable bonds is 3. The minimum absolute atomic E-state index is 0.0104. The molecule has 5 nitrogen and oxygen atoms in total. The van der Waals surface area contributed by atoms with Crippen molar-refractivity contribution in [2.24, 2.45) is 5.92 Å². The monoisotopic (exact) mass is 407 g/mol. The first kappa shape index (κ1) is 20.3. The Morgan fingerprint density at radius 2 is 1.84 bits per heavy atom. The topological polar surface area (TPSA) is 63.7 Å². The first-order valence-corrected chi connectivity index (χ1v) is 10.5. The summed E-state index contributed by atoms with van der Waals surface area (Å²) in [6, 6.07) is 4.39. The van der Waals surface area contributed by atoms with Crippen LogP contribution in [0.2, 0.25) is 10.0 Å². The van der Waals surface area contributed by atoms with Crippen molar-refractivity contribution in [1.29, 1.82) is 0 Å². The van der Waals surface area contributed by atoms with Crippen molar-refractivity contribution in [2.45, 2.75) is 44.1 Å². The minimum atomic E-state index is -3.50. The third kappa shape index (κ3) is 5.76. The van der Waals surface area contributed by atoms with E-state index in [1.165, 1.54) is 18.2 Å². The normalized spacial score (nSPS) is 16.8. The van der Waals surface area contributed by atoms with Crippen LogP contribution < -0.4 is 0 Å². The number of amides is 1. The number of likely N-dealkylation sites (tertiary alicyclic amines) is 1. The van der Waals surface area contributed by atoms with Gasteiger partial charge in [0.05, 0.1) is 15.7 Å². The summed E-state index contributed by atoms with van der Waals surface area (Å²) in [6.07, 6.45) is 0.877. The Morgan fingerprint density at radius 1 is 1.24 bits per heavy atom. The van der Waals surface area contributed by atoms with Gasteiger partial charge in [-0.2, -0.15) is 0 Å². The number of carbonyl (C=O) groups is 1. The molecule has 1 aromatic carbocycles. The number of benzene rings is 1. The molecule has 0 unspecified atom stereocenters. The Balaban J connectivity index is 1.96. The summed E-state index contributed by atoms with van der Waals surface area (Å²) >= 11 is 11.8. The van der Waals surface area contributed by atoms with E-state index in [1.54, 1.807) is 4.90 Å². The molecular weight excluding hydrogens is 385 g/mol. The van der Waals surface area contributed by atoms with E-state index in [9.17, 15) is 13.2 Å². The third-order valence-corrected chi connectivity index (χ3v) is 6.55. The summed E-state index contributed by atoms with van der Waals surface area (Å²) in [5.41, 5.74) is -0.539. The number of piperidine rings is 1. The van der Waals surface area contributed by atoms with Crippen LogP contribution in [0.4, 0.5) is 4.79 Å². The average Bonchev–Trinajstić information content (AvgIpc) is 2.45. The quantitative estimate of drug-likeness (QED) is 0.743. The minimum Gasteiger partial charge on any atom is -0.444 e. The average molecular weight is 408 g/mol. The van der Waals surface area contributed by atoms with Crippen LogP contribution in [0, 0.1) is 5.92 Å². The van der Waals surface area contributed by atoms with Crippen molar-refractivity contribution >= 4 is 39.1 Å². The second kappa shape index (κ2) is 7.72. The summed E-state index contributed by atoms with van der Waals surface area (Å²) in [7, 11) is -3.50. The van der Waals surface area contributed by atoms with Crippen molar-refractivity contribution in [3.8, 4) is 0 Å². The van der Waals surface area contributed by atoms with Gasteiger partial charge in [-0.1, -0.05) is 23.2 Å². The van der Waals surface area contributed by atoms with E-state index in [0.29, 0.717) is 31.0 Å². The number of hydrogen-bond donors (Lipinski definition) is 0. The molecule has 0 spiro atoms. The van der Waals surface area contributed by atoms with Crippen LogP contribution in [-0.4, -0.2) is 43.9 Å². The van der Waals surface area contributed by atoms with E-state index in [4.69, 9.17) is 27.9 Å². The summed E-state index contributed by atoms with van der Waals surface area (Å²) in [5.74, 6) is -0.00769. The molecular formula is C17H23Cl2NO4S. The lowest BCUT2D eigenvalue weighted by molar-refractivity contribution is 0.0191. The van der Waals surface area contributed by atoms with Crippen LogP contribution in [0.3, 0.4) is 0 Å². The Hall–Kier alpha value is -0.980. The number of sulfone groups is 1. The van der Waals surface area contributed by atoms with Crippen molar-refractivity contribution in [1.82, 2.24) is 4.90 Å². The lowest BCUT2D eigenvalue weighted by Gasteiger charge is -2.33. The Bertz CT molecular complexity index is 736. The second-order valence-electron chi connectivity index (χ2n) is 7.27. The van der Waals surface area contributed by atoms with E-state index in [2.05, 4.69) is 0 Å². The predicted octanol–water partition coefficient (Wildman–Crippen LogP) is 4.41. The fourth-order valence-electron chi connectivity index (χ4n) is 2.74. The number of carbonyl (C=O) groups excluding carboxylic acids is 1. The van der Waals surface area contributed by atoms with E-state index in [1.807, 2.05) is 20.8 Å². The van der Waals surface area contributed by atoms with Gasteiger partial charge in [0.2, 0.25) is 0 Å². The molecule has 0 atom stereocenters. The van der Waals surface area contributed by atoms with Gasteiger partial charge in [0.15, 0.2) is 9.84 Å². The molecule has 8 heteroatoms. The van der Waals surface area contributed by atoms with Gasteiger partial charge in [-0.25, -0.2) is 13.2 Å². The van der Waals surface area contributed by atoms with Crippen LogP contribution >= 0.6 is 23.2 Å². The fourth-order valence-corrected chi connectivity index (χ4v) is 5.26. The van der Waals surface area contributed by atoms with Crippen LogP contribution in [-0.2, 0) is 14.6 Å². The van der Waals surface area contributed by atoms with E-state index in [-0.39, 0.29) is 27.7 Å². The van der Waals surface area contributed by atoms with Crippen molar-refractivity contribution in [3.63, 3.8) is 0 Å². The van der Waals surface area contributed by atoms with E-state index >= 15 is 0 Å². The molecule has 0 bridgehead atoms. The SMILES string of the molecule is CC(C)(C)OC(=O)N1CCC(CS(=O)(=O)c2ccc(Cl)cc2Cl)CC1. The molecule has 1 fully saturated rings. The molecule has 140 valence electrons. The maximum absolute atomic E-state index is 12.6. The van der Waals surface area contributed by atoms with Gasteiger partial charge in [0.25, 0.3) is 0 Å². The number of hydrogen-bond acceptors (Lipinski definition) is 4. The molecule has 0 aliphatic carbocycles. The number of nitrogens with zero attached hydrogens (tertiary/aromatic N) is 1. The molecule has 0 radical (unpaired) electrons. The second-order valence-corrected chi connectivity index (χ2v) is 10.1. The highest BCUT2D eigenvalue weighted by Crippen LogP contribution is 2.29. The molecule has 0 aromatic heterocycles. The summed E-state index contributed by atoms with van der Waals surface area (Å²) in [4.78, 5) is 13.8. The Morgan fingerprint density at radius 3 is 2.36 bits per heavy atom. The zero-order valence-electron chi connectivity index (χ0n) is 14.6. The van der Waals surface area contributed by atoms with Gasteiger partial charge in [-0.15, -0.1) is 0 Å². The molecule has 1 aromatic rings. The van der Waals surface area contributed by atoms with Gasteiger partial charge >= 0.3 is 6.09 Å². The zero-order valence-corrected chi connectivity index (χ0v) is 16.9. The molecule has 25 heavy (non-hydrogen) atoms. The van der Waals surface area contributed by atoms with Gasteiger partial charge in [-0.3, -0.25) is 0 Å². The molecule has 0 N–H and O–H groups in total. The van der Waals surface area contributed by atoms with Gasteiger partial charge < -0.3 is 9.64 Å². The lowest BCUT2D eigenvalue weighted by Crippen LogP contribution is -2.42. The largest absolute Gasteiger partial charge is 0.444 e. The summed E-state index contributed by atoms with van der Waals surface area (Å²) < 4.78 is 30.6. The number of ether oxygens (including phenoxy) is 1. The van der Waals surface area contributed by atoms with Crippen molar-refractivity contribution in [3.05, 3.63) is 28.2 Å². The summed E-state index contributed by atoms with van der Waals surface area (Å²) in [5, 5.41) is 0.535. The van der Waals surface area contributed by atoms with Gasteiger partial charge in [0, 0.05) is 18.1 Å². The highest BCUT2D eigenvalue weighted by Gasteiger charge is 2.30. The lowest BCUT2D eigenvalue weighted by atomic mass is 9.99. The number of halogens is 2. The first-order valence-electron chi connectivity index (χ1n) is 8.14. The first-order chi connectivity index (χ1) is 11.5. The van der Waals surface area contributed by atoms with Crippen LogP contribution in [0.1, 0.15) is 33.6 Å². The van der Waals surface area contributed by atoms with Crippen molar-refractivity contribution < 1.29 is 17.9 Å². The molecule has 1 heterocycles. The molecule has 1 saturated heterocycles. The van der Waals surface area contributed by atoms with Crippen LogP contribution in [0.25, 0.3) is 0 Å². The van der Waals surface area contributed by atoms with Gasteiger partial charge in [-0.05, 0) is 57.7 Å². The molecule has 1 aliphatic heterocycles. The zero-order chi connectivity index (χ0) is 18.8. The molecule has 0 saturated carbocycles. The molecule has 2 rings (SSSR count). The maximum atomic E-state index is 12.6. The molecule has 1 amide bonds. The Kier molecular flexibility index (Phi) is 6.28. The van der Waals surface area contributed by atoms with Gasteiger partial charge in [0.1, 0.15) is 5.60 Å².